The average molecular weight is 709 g/mol. The number of aryl methyl sites for hydroxylation is 1. The highest BCUT2D eigenvalue weighted by Crippen LogP contribution is 2.31. The Hall–Kier alpha value is -4.24. The Labute approximate surface area is 310 Å². The number of benzene rings is 1. The molecule has 0 saturated carbocycles. The van der Waals surface area contributed by atoms with E-state index in [4.69, 9.17) is 0 Å². The first kappa shape index (κ1) is 39.0. The van der Waals surface area contributed by atoms with Gasteiger partial charge in [-0.25, -0.2) is 4.79 Å². The molecule has 1 unspecified atom stereocenters. The summed E-state index contributed by atoms with van der Waals surface area (Å²) in [7, 11) is 0. The van der Waals surface area contributed by atoms with E-state index in [0.717, 1.165) is 64.7 Å². The van der Waals surface area contributed by atoms with Crippen LogP contribution in [0.3, 0.4) is 0 Å². The molecule has 2 aromatic rings. The Balaban J connectivity index is 1.25. The minimum absolute atomic E-state index is 0.0207. The molecule has 2 N–H and O–H groups in total. The number of hydrogen-bond acceptors (Lipinski definition) is 5. The van der Waals surface area contributed by atoms with Crippen molar-refractivity contribution in [3.63, 3.8) is 0 Å². The molecular formula is C43H60N6O3. The number of nitrogens with one attached hydrogen (secondary N) is 2. The number of carbonyl (C=O) groups is 3. The predicted octanol–water partition coefficient (Wildman–Crippen LogP) is 7.47. The summed E-state index contributed by atoms with van der Waals surface area (Å²) in [6.07, 6.45) is 13.3. The lowest BCUT2D eigenvalue weighted by Crippen LogP contribution is -2.56. The zero-order valence-corrected chi connectivity index (χ0v) is 32.4. The lowest BCUT2D eigenvalue weighted by molar-refractivity contribution is -0.135. The number of Topliss-reactive ketones (excluding diaryl/α,β-unsaturated/α-hetero) is 1. The van der Waals surface area contributed by atoms with E-state index in [1.807, 2.05) is 24.8 Å². The van der Waals surface area contributed by atoms with Crippen molar-refractivity contribution in [2.45, 2.75) is 98.6 Å². The second-order valence-electron chi connectivity index (χ2n) is 15.5. The molecule has 1 aromatic carbocycles. The average Bonchev–Trinajstić information content (AvgIpc) is 3.63. The van der Waals surface area contributed by atoms with Gasteiger partial charge in [-0.15, -0.1) is 0 Å². The van der Waals surface area contributed by atoms with E-state index in [0.29, 0.717) is 57.4 Å². The summed E-state index contributed by atoms with van der Waals surface area (Å²) in [4.78, 5) is 47.3. The summed E-state index contributed by atoms with van der Waals surface area (Å²) in [6.45, 7) is 24.7. The first-order chi connectivity index (χ1) is 24.9. The van der Waals surface area contributed by atoms with E-state index < -0.39 is 6.04 Å². The lowest BCUT2D eigenvalue weighted by atomic mass is 9.85. The number of ketones is 1. The lowest BCUT2D eigenvalue weighted by Gasteiger charge is -2.43. The highest BCUT2D eigenvalue weighted by molar-refractivity contribution is 5.94. The number of piperidine rings is 3. The molecule has 52 heavy (non-hydrogen) atoms. The zero-order valence-electron chi connectivity index (χ0n) is 32.4. The zero-order chi connectivity index (χ0) is 37.5. The quantitative estimate of drug-likeness (QED) is 0.143. The number of H-pyrrole nitrogens is 1. The van der Waals surface area contributed by atoms with Gasteiger partial charge in [-0.05, 0) is 145 Å². The molecule has 0 radical (unpaired) electrons. The van der Waals surface area contributed by atoms with Crippen LogP contribution in [0, 0.1) is 18.8 Å². The highest BCUT2D eigenvalue weighted by atomic mass is 16.2. The van der Waals surface area contributed by atoms with Crippen LogP contribution in [0.5, 0.6) is 0 Å². The molecule has 280 valence electrons. The number of carbonyl (C=O) groups excluding carboxylic acids is 3. The normalized spacial score (nSPS) is 19.6. The van der Waals surface area contributed by atoms with Crippen LogP contribution in [0.1, 0.15) is 84.3 Å². The Morgan fingerprint density at radius 1 is 0.885 bits per heavy atom. The Kier molecular flexibility index (Phi) is 13.1. The van der Waals surface area contributed by atoms with Gasteiger partial charge in [0.1, 0.15) is 6.04 Å². The molecule has 3 amide bonds. The van der Waals surface area contributed by atoms with Crippen LogP contribution in [-0.4, -0.2) is 94.0 Å². The maximum Gasteiger partial charge on any atom is 0.318 e. The standard InChI is InChI=1S/C43H60N6O3/c1-9-29(5)34(10-2)26-39(32(8)50)36-13-19-49(20-14-36)43(52)45-40(25-33-23-30(6)41-37(24-33)27-44-46-41)42(51)48-21-15-38(16-22-48)47-17-11-35(12-18-47)31(7)28(3)4/h9-10,23-24,26-27,35-36,38,40H,1-2,11-22,25H2,3-8H3,(H,44,46)(H,45,52)/b34-29+,39-26+. The van der Waals surface area contributed by atoms with Crippen LogP contribution in [0.2, 0.25) is 0 Å². The van der Waals surface area contributed by atoms with E-state index in [2.05, 4.69) is 66.5 Å². The number of nitrogens with zero attached hydrogens (tertiary/aromatic N) is 4. The van der Waals surface area contributed by atoms with Crippen molar-refractivity contribution < 1.29 is 14.4 Å². The summed E-state index contributed by atoms with van der Waals surface area (Å²) in [5.74, 6) is 0.735. The monoisotopic (exact) mass is 708 g/mol. The van der Waals surface area contributed by atoms with Gasteiger partial charge in [-0.2, -0.15) is 5.10 Å². The third-order valence-electron chi connectivity index (χ3n) is 12.0. The van der Waals surface area contributed by atoms with Crippen LogP contribution in [0.15, 0.2) is 77.6 Å². The predicted molar refractivity (Wildman–Crippen MR) is 211 cm³/mol. The molecule has 3 saturated heterocycles. The van der Waals surface area contributed by atoms with Gasteiger partial charge < -0.3 is 20.0 Å². The van der Waals surface area contributed by atoms with Crippen molar-refractivity contribution >= 4 is 28.6 Å². The molecular weight excluding hydrogens is 649 g/mol. The smallest absolute Gasteiger partial charge is 0.318 e. The molecule has 1 atom stereocenters. The van der Waals surface area contributed by atoms with Crippen molar-refractivity contribution in [3.8, 4) is 0 Å². The van der Waals surface area contributed by atoms with Gasteiger partial charge in [0.25, 0.3) is 0 Å². The molecule has 3 aliphatic rings. The van der Waals surface area contributed by atoms with E-state index in [1.165, 1.54) is 18.4 Å². The molecule has 0 bridgehead atoms. The summed E-state index contributed by atoms with van der Waals surface area (Å²) < 4.78 is 0. The van der Waals surface area contributed by atoms with Gasteiger partial charge in [0.15, 0.2) is 5.78 Å². The van der Waals surface area contributed by atoms with Gasteiger partial charge in [0.2, 0.25) is 5.91 Å². The number of urea groups is 1. The van der Waals surface area contributed by atoms with Gasteiger partial charge >= 0.3 is 6.03 Å². The second-order valence-corrected chi connectivity index (χ2v) is 15.5. The largest absolute Gasteiger partial charge is 0.341 e. The molecule has 5 rings (SSSR count). The van der Waals surface area contributed by atoms with Crippen LogP contribution in [0.25, 0.3) is 10.9 Å². The van der Waals surface area contributed by atoms with E-state index in [-0.39, 0.29) is 23.6 Å². The summed E-state index contributed by atoms with van der Waals surface area (Å²) in [5.41, 5.74) is 8.62. The van der Waals surface area contributed by atoms with Gasteiger partial charge in [-0.3, -0.25) is 14.7 Å². The maximum atomic E-state index is 14.3. The number of fused-ring (bicyclic) bond motifs is 1. The second kappa shape index (κ2) is 17.5. The third-order valence-corrected chi connectivity index (χ3v) is 12.0. The number of aromatic amines is 1. The topological polar surface area (TPSA) is 102 Å². The summed E-state index contributed by atoms with van der Waals surface area (Å²) in [5, 5.41) is 11.4. The minimum atomic E-state index is -0.692. The van der Waals surface area contributed by atoms with Crippen molar-refractivity contribution in [1.82, 2.24) is 30.2 Å². The molecule has 9 nitrogen and oxygen atoms in total. The number of allylic oxidation sites excluding steroid dienone is 8. The van der Waals surface area contributed by atoms with Crippen molar-refractivity contribution in [1.29, 1.82) is 0 Å². The van der Waals surface area contributed by atoms with Crippen molar-refractivity contribution in [3.05, 3.63) is 88.7 Å². The minimum Gasteiger partial charge on any atom is -0.341 e. The summed E-state index contributed by atoms with van der Waals surface area (Å²) in [6, 6.07) is 3.71. The number of likely N-dealkylation sites (tertiary alicyclic amines) is 3. The third kappa shape index (κ3) is 9.21. The Morgan fingerprint density at radius 2 is 1.52 bits per heavy atom. The van der Waals surface area contributed by atoms with E-state index >= 15 is 0 Å². The van der Waals surface area contributed by atoms with Crippen molar-refractivity contribution in [2.24, 2.45) is 11.8 Å². The first-order valence-corrected chi connectivity index (χ1v) is 19.2. The van der Waals surface area contributed by atoms with E-state index in [1.54, 1.807) is 35.7 Å². The van der Waals surface area contributed by atoms with Gasteiger partial charge in [-0.1, -0.05) is 42.5 Å². The van der Waals surface area contributed by atoms with Crippen LogP contribution in [0.4, 0.5) is 4.79 Å². The molecule has 0 spiro atoms. The Morgan fingerprint density at radius 3 is 2.12 bits per heavy atom. The molecule has 9 heteroatoms. The van der Waals surface area contributed by atoms with Gasteiger partial charge in [0.05, 0.1) is 11.7 Å². The highest BCUT2D eigenvalue weighted by Gasteiger charge is 2.35. The van der Waals surface area contributed by atoms with Crippen LogP contribution < -0.4 is 5.32 Å². The number of aromatic nitrogens is 2. The summed E-state index contributed by atoms with van der Waals surface area (Å²) >= 11 is 0. The van der Waals surface area contributed by atoms with E-state index in [9.17, 15) is 14.4 Å². The number of hydrogen-bond donors (Lipinski definition) is 2. The number of rotatable bonds is 11. The molecule has 3 aliphatic heterocycles. The SMILES string of the molecule is C=C/C(C)=C(C=C)/C=C(\C(C)=O)C1CCN(C(=O)NC(Cc2cc(C)c3[nH]ncc3c2)C(=O)N2CCC(N3CCC(C(C)=C(C)C)CC3)CC2)CC1. The van der Waals surface area contributed by atoms with Gasteiger partial charge in [0, 0.05) is 44.0 Å². The fraction of sp³-hybridized carbons (Fsp3) is 0.535. The fourth-order valence-corrected chi connectivity index (χ4v) is 8.40. The number of amides is 3. The van der Waals surface area contributed by atoms with Crippen molar-refractivity contribution in [2.75, 3.05) is 39.3 Å². The van der Waals surface area contributed by atoms with Crippen LogP contribution >= 0.6 is 0 Å². The molecule has 1 aromatic heterocycles. The fourth-order valence-electron chi connectivity index (χ4n) is 8.40. The van der Waals surface area contributed by atoms with Crippen LogP contribution in [-0.2, 0) is 16.0 Å². The first-order valence-electron chi connectivity index (χ1n) is 19.2. The molecule has 0 aliphatic carbocycles. The molecule has 4 heterocycles. The molecule has 3 fully saturated rings. The Bertz CT molecular complexity index is 1740. The maximum absolute atomic E-state index is 14.3.